The summed E-state index contributed by atoms with van der Waals surface area (Å²) >= 11 is 0. The molecule has 21 nitrogen and oxygen atoms in total. The second-order valence-corrected chi connectivity index (χ2v) is 12.5. The van der Waals surface area contributed by atoms with Crippen molar-refractivity contribution in [2.24, 2.45) is 5.92 Å². The number of hydrogen-bond acceptors (Lipinski definition) is 15. The number of aliphatic hydroxyl groups is 3. The van der Waals surface area contributed by atoms with Gasteiger partial charge in [-0.3, -0.25) is 28.7 Å². The van der Waals surface area contributed by atoms with Gasteiger partial charge in [0, 0.05) is 5.92 Å². The molecule has 2 saturated heterocycles. The molecule has 0 amide bonds. The number of imidazole rings is 2. The largest absolute Gasteiger partial charge is 0.394 e. The fourth-order valence-corrected chi connectivity index (χ4v) is 7.50. The minimum atomic E-state index is -4.37. The summed E-state index contributed by atoms with van der Waals surface area (Å²) in [6.45, 7) is 1.04. The van der Waals surface area contributed by atoms with Crippen LogP contribution >= 0.6 is 0 Å². The normalized spacial score (nSPS) is 33.6. The maximum atomic E-state index is 13.3. The van der Waals surface area contributed by atoms with E-state index in [1.165, 1.54) is 21.8 Å². The van der Waals surface area contributed by atoms with E-state index in [9.17, 15) is 33.3 Å². The van der Waals surface area contributed by atoms with Crippen LogP contribution < -0.4 is 32.0 Å². The molecule has 1 saturated carbocycles. The van der Waals surface area contributed by atoms with Gasteiger partial charge in [0.25, 0.3) is 21.3 Å². The van der Waals surface area contributed by atoms with Gasteiger partial charge >= 0.3 is 0 Å². The first kappa shape index (κ1) is 28.7. The first-order valence-electron chi connectivity index (χ1n) is 13.4. The fraction of sp³-hybridized carbons (Fsp3) is 0.545. The van der Waals surface area contributed by atoms with Crippen molar-refractivity contribution in [3.63, 3.8) is 0 Å². The van der Waals surface area contributed by atoms with Crippen LogP contribution in [0, 0.1) is 5.92 Å². The average molecular weight is 637 g/mol. The summed E-state index contributed by atoms with van der Waals surface area (Å²) in [5.74, 6) is -0.926. The molecule has 9 atom stereocenters. The third-order valence-corrected chi connectivity index (χ3v) is 9.64. The van der Waals surface area contributed by atoms with Gasteiger partial charge in [-0.2, -0.15) is 27.8 Å². The quantitative estimate of drug-likeness (QED) is 0.0923. The summed E-state index contributed by atoms with van der Waals surface area (Å²) in [6, 6.07) is -2.12. The van der Waals surface area contributed by atoms with Crippen LogP contribution in [0.4, 0.5) is 11.9 Å². The van der Waals surface area contributed by atoms with Gasteiger partial charge in [-0.25, -0.2) is 9.97 Å². The molecule has 4 aromatic heterocycles. The topological polar surface area (TPSA) is 317 Å². The number of nitrogen functional groups attached to an aromatic ring is 2. The molecule has 236 valence electrons. The van der Waals surface area contributed by atoms with E-state index >= 15 is 0 Å². The van der Waals surface area contributed by atoms with Crippen molar-refractivity contribution in [3.8, 4) is 0 Å². The summed E-state index contributed by atoms with van der Waals surface area (Å²) in [5.41, 5.74) is 9.00. The zero-order chi connectivity index (χ0) is 31.3. The molecule has 4 aromatic rings. The Hall–Kier alpha value is -4.03. The van der Waals surface area contributed by atoms with E-state index in [2.05, 4.69) is 39.3 Å². The van der Waals surface area contributed by atoms with Crippen LogP contribution in [0.15, 0.2) is 22.2 Å². The van der Waals surface area contributed by atoms with E-state index in [-0.39, 0.29) is 40.6 Å². The molecule has 11 N–H and O–H groups in total. The molecule has 22 heteroatoms. The Bertz CT molecular complexity index is 2010. The Morgan fingerprint density at radius 2 is 1.57 bits per heavy atom. The van der Waals surface area contributed by atoms with E-state index in [4.69, 9.17) is 20.9 Å². The van der Waals surface area contributed by atoms with Crippen molar-refractivity contribution < 1.29 is 33.2 Å². The number of rotatable bonds is 7. The summed E-state index contributed by atoms with van der Waals surface area (Å²) in [7, 11) is -4.37. The summed E-state index contributed by atoms with van der Waals surface area (Å²) < 4.78 is 45.9. The van der Waals surface area contributed by atoms with E-state index in [1.807, 2.05) is 0 Å². The lowest BCUT2D eigenvalue weighted by molar-refractivity contribution is -0.0489. The van der Waals surface area contributed by atoms with Crippen LogP contribution in [0.2, 0.25) is 0 Å². The standard InChI is InChI=1S/C22H28N12O9S/c1-6-12(36)19(34-5-26-11-15(34)28-21(24)30-17(11)39)43-22(6)2-8(22)31-44(40,41)32-9-7(3-35)42-18(13(9)37)33-4-25-10-14(33)27-20(23)29-16(10)38/h4-9,12-13,18-19,31-32,35-37H,2-3H2,1H3,(H3,23,27,29,38)(H3,24,28,30,39)/t6-,7+,8+,9+,12+,13+,18+,19+,22?/m0/s1. The molecular weight excluding hydrogens is 608 g/mol. The van der Waals surface area contributed by atoms with Crippen LogP contribution in [-0.2, 0) is 19.7 Å². The van der Waals surface area contributed by atoms with Crippen LogP contribution in [0.25, 0.3) is 22.3 Å². The highest BCUT2D eigenvalue weighted by atomic mass is 32.2. The Kier molecular flexibility index (Phi) is 6.36. The second kappa shape index (κ2) is 9.73. The molecule has 0 radical (unpaired) electrons. The van der Waals surface area contributed by atoms with Crippen molar-refractivity contribution in [1.82, 2.24) is 48.5 Å². The van der Waals surface area contributed by atoms with Crippen molar-refractivity contribution in [2.45, 2.75) is 61.8 Å². The lowest BCUT2D eigenvalue weighted by Gasteiger charge is -2.22. The molecule has 6 heterocycles. The summed E-state index contributed by atoms with van der Waals surface area (Å²) in [4.78, 5) is 45.1. The first-order valence-corrected chi connectivity index (χ1v) is 14.9. The van der Waals surface area contributed by atoms with E-state index in [0.29, 0.717) is 0 Å². The molecule has 3 fully saturated rings. The monoisotopic (exact) mass is 636 g/mol. The molecule has 0 aromatic carbocycles. The molecule has 7 rings (SSSR count). The molecule has 3 aliphatic rings. The summed E-state index contributed by atoms with van der Waals surface area (Å²) in [5, 5.41) is 32.1. The van der Waals surface area contributed by atoms with Crippen molar-refractivity contribution >= 4 is 44.4 Å². The number of fused-ring (bicyclic) bond motifs is 2. The lowest BCUT2D eigenvalue weighted by Crippen LogP contribution is -2.53. The van der Waals surface area contributed by atoms with Crippen LogP contribution in [0.1, 0.15) is 25.8 Å². The van der Waals surface area contributed by atoms with Gasteiger partial charge in [-0.05, 0) is 6.42 Å². The predicted octanol–water partition coefficient (Wildman–Crippen LogP) is -4.50. The molecule has 44 heavy (non-hydrogen) atoms. The highest BCUT2D eigenvalue weighted by Gasteiger charge is 2.68. The Morgan fingerprint density at radius 1 is 1.00 bits per heavy atom. The Balaban J connectivity index is 1.09. The van der Waals surface area contributed by atoms with Crippen LogP contribution in [0.3, 0.4) is 0 Å². The number of aliphatic hydroxyl groups excluding tert-OH is 3. The number of ether oxygens (including phenoxy) is 2. The van der Waals surface area contributed by atoms with Crippen molar-refractivity contribution in [3.05, 3.63) is 33.4 Å². The molecular formula is C22H28N12O9S. The number of nitrogens with zero attached hydrogens (tertiary/aromatic N) is 6. The van der Waals surface area contributed by atoms with Crippen LogP contribution in [-0.4, -0.2) is 105 Å². The third kappa shape index (κ3) is 4.29. The maximum absolute atomic E-state index is 13.3. The van der Waals surface area contributed by atoms with Crippen LogP contribution in [0.5, 0.6) is 0 Å². The third-order valence-electron chi connectivity index (χ3n) is 8.46. The molecule has 2 aliphatic heterocycles. The van der Waals surface area contributed by atoms with Crippen molar-refractivity contribution in [1.29, 1.82) is 0 Å². The zero-order valence-corrected chi connectivity index (χ0v) is 23.5. The Labute approximate surface area is 245 Å². The highest BCUT2D eigenvalue weighted by molar-refractivity contribution is 7.87. The predicted molar refractivity (Wildman–Crippen MR) is 148 cm³/mol. The SMILES string of the molecule is C[C@H]1[C@@H](O)[C@H](n2cnc3c(=O)[nH]c(N)nc32)OC12C[C@H]2NS(=O)(=O)N[C@H]1[C@@H](O)[C@H](n2cnc3c(=O)[nH]c(N)nc32)O[C@@H]1CO. The number of nitrogens with two attached hydrogens (primary N) is 2. The number of nitrogens with one attached hydrogen (secondary N) is 4. The summed E-state index contributed by atoms with van der Waals surface area (Å²) in [6.07, 6.45) is -3.53. The number of aromatic amines is 2. The van der Waals surface area contributed by atoms with Gasteiger partial charge < -0.3 is 36.3 Å². The minimum Gasteiger partial charge on any atom is -0.394 e. The van der Waals surface area contributed by atoms with Gasteiger partial charge in [0.1, 0.15) is 18.3 Å². The molecule has 0 bridgehead atoms. The Morgan fingerprint density at radius 3 is 2.14 bits per heavy atom. The minimum absolute atomic E-state index is 0.00956. The number of anilines is 2. The van der Waals surface area contributed by atoms with Gasteiger partial charge in [0.05, 0.1) is 36.9 Å². The zero-order valence-electron chi connectivity index (χ0n) is 22.7. The second-order valence-electron chi connectivity index (χ2n) is 11.1. The van der Waals surface area contributed by atoms with Gasteiger partial charge in [-0.1, -0.05) is 6.92 Å². The van der Waals surface area contributed by atoms with Gasteiger partial charge in [0.15, 0.2) is 34.8 Å². The number of hydrogen-bond donors (Lipinski definition) is 9. The molecule has 1 spiro atoms. The van der Waals surface area contributed by atoms with E-state index in [0.717, 1.165) is 0 Å². The first-order chi connectivity index (χ1) is 20.8. The van der Waals surface area contributed by atoms with E-state index < -0.39 is 82.3 Å². The lowest BCUT2D eigenvalue weighted by atomic mass is 9.98. The van der Waals surface area contributed by atoms with Gasteiger partial charge in [0.2, 0.25) is 11.9 Å². The number of H-pyrrole nitrogens is 2. The fourth-order valence-electron chi connectivity index (χ4n) is 6.13. The number of aromatic nitrogens is 8. The van der Waals surface area contributed by atoms with E-state index in [1.54, 1.807) is 6.92 Å². The van der Waals surface area contributed by atoms with Crippen molar-refractivity contribution in [2.75, 3.05) is 18.1 Å². The maximum Gasteiger partial charge on any atom is 0.280 e. The highest BCUT2D eigenvalue weighted by Crippen LogP contribution is 2.56. The molecule has 1 aliphatic carbocycles. The molecule has 1 unspecified atom stereocenters. The average Bonchev–Trinajstić information content (AvgIpc) is 3.30. The van der Waals surface area contributed by atoms with Gasteiger partial charge in [-0.15, -0.1) is 0 Å². The smallest absolute Gasteiger partial charge is 0.280 e.